The summed E-state index contributed by atoms with van der Waals surface area (Å²) in [6.07, 6.45) is 1.88. The molecule has 19 heavy (non-hydrogen) atoms. The van der Waals surface area contributed by atoms with Gasteiger partial charge in [0.25, 0.3) is 0 Å². The number of benzene rings is 1. The van der Waals surface area contributed by atoms with Gasteiger partial charge in [0.2, 0.25) is 0 Å². The molecule has 1 aromatic carbocycles. The maximum atomic E-state index is 10.7. The molecule has 0 bridgehead atoms. The van der Waals surface area contributed by atoms with Crippen LogP contribution in [-0.4, -0.2) is 53.4 Å². The van der Waals surface area contributed by atoms with Crippen molar-refractivity contribution in [2.45, 2.75) is 18.9 Å². The summed E-state index contributed by atoms with van der Waals surface area (Å²) in [5.74, 6) is -0.383. The first-order chi connectivity index (χ1) is 9.15. The van der Waals surface area contributed by atoms with E-state index in [1.807, 2.05) is 0 Å². The van der Waals surface area contributed by atoms with Crippen LogP contribution in [0.25, 0.3) is 0 Å². The van der Waals surface area contributed by atoms with E-state index < -0.39 is 12.1 Å². The number of carbonyl (C=O) groups is 1. The van der Waals surface area contributed by atoms with Crippen molar-refractivity contribution in [2.24, 2.45) is 0 Å². The lowest BCUT2D eigenvalue weighted by Crippen LogP contribution is -2.33. The van der Waals surface area contributed by atoms with Gasteiger partial charge in [-0.3, -0.25) is 0 Å². The first kappa shape index (κ1) is 13.8. The number of aliphatic hydroxyl groups is 1. The number of likely N-dealkylation sites (tertiary alicyclic amines) is 1. The predicted octanol–water partition coefficient (Wildman–Crippen LogP) is 1.22. The Balaban J connectivity index is 1.76. The average molecular weight is 265 g/mol. The van der Waals surface area contributed by atoms with Crippen molar-refractivity contribution in [2.75, 3.05) is 26.2 Å². The first-order valence-electron chi connectivity index (χ1n) is 6.52. The van der Waals surface area contributed by atoms with Crippen LogP contribution in [0.15, 0.2) is 24.3 Å². The lowest BCUT2D eigenvalue weighted by molar-refractivity contribution is 0.0695. The number of carboxylic acid groups (broad SMARTS) is 1. The summed E-state index contributed by atoms with van der Waals surface area (Å²) in [6.45, 7) is 2.95. The van der Waals surface area contributed by atoms with E-state index in [9.17, 15) is 9.90 Å². The van der Waals surface area contributed by atoms with E-state index in [4.69, 9.17) is 9.84 Å². The van der Waals surface area contributed by atoms with Gasteiger partial charge in [0.05, 0.1) is 5.56 Å². The second kappa shape index (κ2) is 6.54. The molecule has 0 radical (unpaired) electrons. The minimum Gasteiger partial charge on any atom is -0.491 e. The van der Waals surface area contributed by atoms with Crippen LogP contribution >= 0.6 is 0 Å². The second-order valence-corrected chi connectivity index (χ2v) is 4.80. The summed E-state index contributed by atoms with van der Waals surface area (Å²) in [6, 6.07) is 6.19. The summed E-state index contributed by atoms with van der Waals surface area (Å²) >= 11 is 0. The number of aromatic carboxylic acids is 1. The monoisotopic (exact) mass is 265 g/mol. The highest BCUT2D eigenvalue weighted by molar-refractivity contribution is 5.87. The molecule has 1 aliphatic rings. The van der Waals surface area contributed by atoms with Crippen LogP contribution in [0.1, 0.15) is 23.2 Å². The third-order valence-corrected chi connectivity index (χ3v) is 3.21. The number of ether oxygens (including phenoxy) is 1. The number of hydrogen-bond donors (Lipinski definition) is 2. The Morgan fingerprint density at radius 2 is 1.89 bits per heavy atom. The molecule has 104 valence electrons. The number of nitrogens with zero attached hydrogens (tertiary/aromatic N) is 1. The lowest BCUT2D eigenvalue weighted by Gasteiger charge is -2.19. The molecule has 1 atom stereocenters. The molecule has 0 amide bonds. The Bertz CT molecular complexity index is 412. The highest BCUT2D eigenvalue weighted by Crippen LogP contribution is 2.13. The van der Waals surface area contributed by atoms with Crippen LogP contribution in [0, 0.1) is 0 Å². The molecule has 0 spiro atoms. The summed E-state index contributed by atoms with van der Waals surface area (Å²) in [7, 11) is 0. The van der Waals surface area contributed by atoms with Crippen molar-refractivity contribution in [3.8, 4) is 5.75 Å². The van der Waals surface area contributed by atoms with Crippen LogP contribution in [0.4, 0.5) is 0 Å². The Labute approximate surface area is 112 Å². The normalized spacial score (nSPS) is 17.3. The molecule has 2 N–H and O–H groups in total. The molecule has 0 aliphatic carbocycles. The van der Waals surface area contributed by atoms with Crippen molar-refractivity contribution >= 4 is 5.97 Å². The summed E-state index contributed by atoms with van der Waals surface area (Å²) in [5, 5.41) is 18.6. The molecule has 1 fully saturated rings. The van der Waals surface area contributed by atoms with Crippen LogP contribution in [0.3, 0.4) is 0 Å². The standard InChI is InChI=1S/C14H19NO4/c16-12(9-15-7-1-2-8-15)10-19-13-5-3-11(4-6-13)14(17)18/h3-6,12,16H,1-2,7-10H2,(H,17,18). The number of aliphatic hydroxyl groups excluding tert-OH is 1. The number of β-amino-alcohol motifs (C(OH)–C–C–N with tert-alkyl or cyclic N) is 1. The van der Waals surface area contributed by atoms with E-state index in [0.717, 1.165) is 13.1 Å². The van der Waals surface area contributed by atoms with Gasteiger partial charge in [0.1, 0.15) is 18.5 Å². The van der Waals surface area contributed by atoms with Gasteiger partial charge in [-0.05, 0) is 50.2 Å². The Morgan fingerprint density at radius 1 is 1.26 bits per heavy atom. The zero-order chi connectivity index (χ0) is 13.7. The van der Waals surface area contributed by atoms with Crippen molar-refractivity contribution < 1.29 is 19.7 Å². The van der Waals surface area contributed by atoms with E-state index in [1.54, 1.807) is 12.1 Å². The Hall–Kier alpha value is -1.59. The quantitative estimate of drug-likeness (QED) is 0.809. The molecular formula is C14H19NO4. The summed E-state index contributed by atoms with van der Waals surface area (Å²) < 4.78 is 5.44. The molecule has 1 saturated heterocycles. The highest BCUT2D eigenvalue weighted by Gasteiger charge is 2.16. The molecule has 1 aliphatic heterocycles. The fraction of sp³-hybridized carbons (Fsp3) is 0.500. The van der Waals surface area contributed by atoms with Gasteiger partial charge in [0, 0.05) is 6.54 Å². The third-order valence-electron chi connectivity index (χ3n) is 3.21. The lowest BCUT2D eigenvalue weighted by atomic mass is 10.2. The Morgan fingerprint density at radius 3 is 2.47 bits per heavy atom. The van der Waals surface area contributed by atoms with Gasteiger partial charge < -0.3 is 19.8 Å². The van der Waals surface area contributed by atoms with Gasteiger partial charge in [-0.1, -0.05) is 0 Å². The summed E-state index contributed by atoms with van der Waals surface area (Å²) in [5.41, 5.74) is 0.227. The third kappa shape index (κ3) is 4.22. The minimum absolute atomic E-state index is 0.225. The minimum atomic E-state index is -0.958. The van der Waals surface area contributed by atoms with E-state index in [-0.39, 0.29) is 12.2 Å². The fourth-order valence-electron chi connectivity index (χ4n) is 2.20. The maximum absolute atomic E-state index is 10.7. The van der Waals surface area contributed by atoms with Gasteiger partial charge in [0.15, 0.2) is 0 Å². The van der Waals surface area contributed by atoms with Crippen molar-refractivity contribution in [1.29, 1.82) is 0 Å². The highest BCUT2D eigenvalue weighted by atomic mass is 16.5. The van der Waals surface area contributed by atoms with E-state index in [1.165, 1.54) is 25.0 Å². The SMILES string of the molecule is O=C(O)c1ccc(OCC(O)CN2CCCC2)cc1. The molecule has 2 rings (SSSR count). The van der Waals surface area contributed by atoms with E-state index in [2.05, 4.69) is 4.90 Å². The van der Waals surface area contributed by atoms with Crippen molar-refractivity contribution in [3.05, 3.63) is 29.8 Å². The molecule has 1 unspecified atom stereocenters. The number of hydrogen-bond acceptors (Lipinski definition) is 4. The molecule has 5 heteroatoms. The predicted molar refractivity (Wildman–Crippen MR) is 70.6 cm³/mol. The van der Waals surface area contributed by atoms with Crippen LogP contribution in [-0.2, 0) is 0 Å². The molecule has 1 aromatic rings. The molecule has 5 nitrogen and oxygen atoms in total. The summed E-state index contributed by atoms with van der Waals surface area (Å²) in [4.78, 5) is 12.9. The average Bonchev–Trinajstić information content (AvgIpc) is 2.89. The largest absolute Gasteiger partial charge is 0.491 e. The molecule has 0 saturated carbocycles. The van der Waals surface area contributed by atoms with Gasteiger partial charge in [-0.25, -0.2) is 4.79 Å². The van der Waals surface area contributed by atoms with E-state index >= 15 is 0 Å². The number of rotatable bonds is 6. The van der Waals surface area contributed by atoms with Gasteiger partial charge >= 0.3 is 5.97 Å². The molecular weight excluding hydrogens is 246 g/mol. The topological polar surface area (TPSA) is 70.0 Å². The van der Waals surface area contributed by atoms with Crippen molar-refractivity contribution in [1.82, 2.24) is 4.90 Å². The number of carboxylic acids is 1. The smallest absolute Gasteiger partial charge is 0.335 e. The van der Waals surface area contributed by atoms with Gasteiger partial charge in [-0.15, -0.1) is 0 Å². The molecule has 0 aromatic heterocycles. The van der Waals surface area contributed by atoms with Crippen LogP contribution in [0.5, 0.6) is 5.75 Å². The van der Waals surface area contributed by atoms with E-state index in [0.29, 0.717) is 12.3 Å². The maximum Gasteiger partial charge on any atom is 0.335 e. The fourth-order valence-corrected chi connectivity index (χ4v) is 2.20. The second-order valence-electron chi connectivity index (χ2n) is 4.80. The zero-order valence-corrected chi connectivity index (χ0v) is 10.8. The molecule has 1 heterocycles. The Kier molecular flexibility index (Phi) is 4.76. The first-order valence-corrected chi connectivity index (χ1v) is 6.52. The zero-order valence-electron chi connectivity index (χ0n) is 10.8. The van der Waals surface area contributed by atoms with Crippen molar-refractivity contribution in [3.63, 3.8) is 0 Å². The van der Waals surface area contributed by atoms with Crippen LogP contribution in [0.2, 0.25) is 0 Å². The van der Waals surface area contributed by atoms with Crippen LogP contribution < -0.4 is 4.74 Å². The van der Waals surface area contributed by atoms with Gasteiger partial charge in [-0.2, -0.15) is 0 Å².